The third-order valence-corrected chi connectivity index (χ3v) is 4.85. The van der Waals surface area contributed by atoms with Crippen LogP contribution in [0.25, 0.3) is 0 Å². The highest BCUT2D eigenvalue weighted by Gasteiger charge is 2.32. The molecule has 172 valence electrons. The van der Waals surface area contributed by atoms with Gasteiger partial charge in [0.1, 0.15) is 0 Å². The highest BCUT2D eigenvalue weighted by atomic mass is 19.4. The topological polar surface area (TPSA) is 87.6 Å². The number of aromatic nitrogens is 3. The van der Waals surface area contributed by atoms with Gasteiger partial charge in [0.2, 0.25) is 17.8 Å². The van der Waals surface area contributed by atoms with Gasteiger partial charge in [0.15, 0.2) is 0 Å². The lowest BCUT2D eigenvalue weighted by molar-refractivity contribution is -0.137. The Kier molecular flexibility index (Phi) is 6.98. The van der Waals surface area contributed by atoms with E-state index in [1.807, 2.05) is 35.2 Å². The van der Waals surface area contributed by atoms with Crippen LogP contribution in [-0.2, 0) is 17.5 Å². The Balaban J connectivity index is 1.54. The minimum atomic E-state index is -4.48. The molecule has 0 amide bonds. The zero-order valence-electron chi connectivity index (χ0n) is 17.6. The standard InChI is InChI=1S/C22H22F3N7O/c23-22(24,25)18-9-5-4-8-17(18)15-27-31-20-28-19(26-14-16-6-2-1-3-7-16)29-21(30-20)32-10-12-33-13-11-32/h1-9,15H,10-14H2,(H2,26,28,29,30,31). The predicted molar refractivity (Wildman–Crippen MR) is 119 cm³/mol. The Morgan fingerprint density at radius 2 is 1.64 bits per heavy atom. The van der Waals surface area contributed by atoms with Crippen LogP contribution in [0.15, 0.2) is 59.7 Å². The molecule has 3 aromatic rings. The Bertz CT molecular complexity index is 1090. The Morgan fingerprint density at radius 1 is 0.939 bits per heavy atom. The molecule has 2 aromatic carbocycles. The molecule has 0 unspecified atom stereocenters. The second kappa shape index (κ2) is 10.3. The minimum absolute atomic E-state index is 0.0672. The number of hydrogen-bond acceptors (Lipinski definition) is 8. The van der Waals surface area contributed by atoms with Gasteiger partial charge in [-0.15, -0.1) is 0 Å². The highest BCUT2D eigenvalue weighted by molar-refractivity contribution is 5.82. The lowest BCUT2D eigenvalue weighted by Gasteiger charge is -2.27. The Hall–Kier alpha value is -3.73. The zero-order chi connectivity index (χ0) is 23.1. The van der Waals surface area contributed by atoms with Crippen molar-refractivity contribution < 1.29 is 17.9 Å². The van der Waals surface area contributed by atoms with Gasteiger partial charge < -0.3 is 15.0 Å². The second-order valence-electron chi connectivity index (χ2n) is 7.18. The van der Waals surface area contributed by atoms with Gasteiger partial charge in [0, 0.05) is 25.2 Å². The number of hydrogen-bond donors (Lipinski definition) is 2. The first-order valence-corrected chi connectivity index (χ1v) is 10.3. The van der Waals surface area contributed by atoms with E-state index in [9.17, 15) is 13.2 Å². The van der Waals surface area contributed by atoms with E-state index in [4.69, 9.17) is 4.74 Å². The molecule has 1 aliphatic heterocycles. The molecule has 11 heteroatoms. The van der Waals surface area contributed by atoms with Crippen LogP contribution in [0.5, 0.6) is 0 Å². The summed E-state index contributed by atoms with van der Waals surface area (Å²) in [6.45, 7) is 2.82. The molecule has 0 radical (unpaired) electrons. The molecule has 0 aliphatic carbocycles. The lowest BCUT2D eigenvalue weighted by atomic mass is 10.1. The van der Waals surface area contributed by atoms with E-state index < -0.39 is 11.7 Å². The third kappa shape index (κ3) is 6.16. The predicted octanol–water partition coefficient (Wildman–Crippen LogP) is 3.79. The van der Waals surface area contributed by atoms with Gasteiger partial charge in [-0.2, -0.15) is 33.2 Å². The molecule has 0 atom stereocenters. The van der Waals surface area contributed by atoms with Crippen LogP contribution < -0.4 is 15.6 Å². The van der Waals surface area contributed by atoms with Crippen LogP contribution in [0.2, 0.25) is 0 Å². The summed E-state index contributed by atoms with van der Waals surface area (Å²) in [7, 11) is 0. The molecular weight excluding hydrogens is 435 g/mol. The quantitative estimate of drug-likeness (QED) is 0.412. The van der Waals surface area contributed by atoms with Crippen molar-refractivity contribution in [3.8, 4) is 0 Å². The fraction of sp³-hybridized carbons (Fsp3) is 0.273. The van der Waals surface area contributed by atoms with Gasteiger partial charge in [-0.25, -0.2) is 5.43 Å². The van der Waals surface area contributed by atoms with Gasteiger partial charge in [-0.1, -0.05) is 48.5 Å². The highest BCUT2D eigenvalue weighted by Crippen LogP contribution is 2.31. The molecular formula is C22H22F3N7O. The molecule has 1 saturated heterocycles. The second-order valence-corrected chi connectivity index (χ2v) is 7.18. The average Bonchev–Trinajstić information content (AvgIpc) is 2.83. The van der Waals surface area contributed by atoms with Crippen LogP contribution in [0.1, 0.15) is 16.7 Å². The number of nitrogens with one attached hydrogen (secondary N) is 2. The average molecular weight is 457 g/mol. The molecule has 2 heterocycles. The van der Waals surface area contributed by atoms with E-state index in [2.05, 4.69) is 30.8 Å². The van der Waals surface area contributed by atoms with Crippen LogP contribution in [-0.4, -0.2) is 47.5 Å². The zero-order valence-corrected chi connectivity index (χ0v) is 17.6. The smallest absolute Gasteiger partial charge is 0.378 e. The summed E-state index contributed by atoms with van der Waals surface area (Å²) >= 11 is 0. The number of halogens is 3. The van der Waals surface area contributed by atoms with Crippen molar-refractivity contribution in [2.75, 3.05) is 41.9 Å². The molecule has 4 rings (SSSR count). The van der Waals surface area contributed by atoms with E-state index >= 15 is 0 Å². The van der Waals surface area contributed by atoms with Gasteiger partial charge in [0.05, 0.1) is 25.0 Å². The van der Waals surface area contributed by atoms with Crippen molar-refractivity contribution in [1.29, 1.82) is 0 Å². The Morgan fingerprint density at radius 3 is 2.39 bits per heavy atom. The maximum atomic E-state index is 13.2. The number of alkyl halides is 3. The van der Waals surface area contributed by atoms with Crippen molar-refractivity contribution in [2.24, 2.45) is 5.10 Å². The van der Waals surface area contributed by atoms with Crippen LogP contribution in [0.4, 0.5) is 31.0 Å². The van der Waals surface area contributed by atoms with Gasteiger partial charge in [-0.05, 0) is 11.6 Å². The first kappa shape index (κ1) is 22.5. The summed E-state index contributed by atoms with van der Waals surface area (Å²) in [6, 6.07) is 14.9. The molecule has 0 saturated carbocycles. The van der Waals surface area contributed by atoms with Crippen molar-refractivity contribution in [3.63, 3.8) is 0 Å². The van der Waals surface area contributed by atoms with Crippen molar-refractivity contribution in [2.45, 2.75) is 12.7 Å². The monoisotopic (exact) mass is 457 g/mol. The largest absolute Gasteiger partial charge is 0.417 e. The fourth-order valence-corrected chi connectivity index (χ4v) is 3.20. The summed E-state index contributed by atoms with van der Waals surface area (Å²) in [5, 5.41) is 7.09. The summed E-state index contributed by atoms with van der Waals surface area (Å²) < 4.78 is 45.0. The van der Waals surface area contributed by atoms with E-state index in [0.29, 0.717) is 44.7 Å². The number of benzene rings is 2. The van der Waals surface area contributed by atoms with E-state index in [1.165, 1.54) is 18.2 Å². The summed E-state index contributed by atoms with van der Waals surface area (Å²) in [5.41, 5.74) is 2.84. The summed E-state index contributed by atoms with van der Waals surface area (Å²) in [5.74, 6) is 0.865. The maximum Gasteiger partial charge on any atom is 0.417 e. The Labute approximate surface area is 188 Å². The van der Waals surface area contributed by atoms with Gasteiger partial charge in [0.25, 0.3) is 0 Å². The van der Waals surface area contributed by atoms with Crippen LogP contribution in [0, 0.1) is 0 Å². The SMILES string of the molecule is FC(F)(F)c1ccccc1C=NNc1nc(NCc2ccccc2)nc(N2CCOCC2)n1. The first-order valence-electron chi connectivity index (χ1n) is 10.3. The molecule has 1 aromatic heterocycles. The normalized spacial score (nSPS) is 14.5. The van der Waals surface area contributed by atoms with Gasteiger partial charge >= 0.3 is 6.18 Å². The summed E-state index contributed by atoms with van der Waals surface area (Å²) in [4.78, 5) is 15.1. The molecule has 2 N–H and O–H groups in total. The molecule has 0 bridgehead atoms. The van der Waals surface area contributed by atoms with Crippen LogP contribution >= 0.6 is 0 Å². The number of rotatable bonds is 7. The fourth-order valence-electron chi connectivity index (χ4n) is 3.20. The molecule has 33 heavy (non-hydrogen) atoms. The van der Waals surface area contributed by atoms with E-state index in [0.717, 1.165) is 17.8 Å². The van der Waals surface area contributed by atoms with Crippen molar-refractivity contribution in [1.82, 2.24) is 15.0 Å². The van der Waals surface area contributed by atoms with E-state index in [-0.39, 0.29) is 11.5 Å². The van der Waals surface area contributed by atoms with Gasteiger partial charge in [-0.3, -0.25) is 0 Å². The number of ether oxygens (including phenoxy) is 1. The minimum Gasteiger partial charge on any atom is -0.378 e. The summed E-state index contributed by atoms with van der Waals surface area (Å²) in [6.07, 6.45) is -3.38. The molecule has 1 aliphatic rings. The molecule has 1 fully saturated rings. The molecule has 8 nitrogen and oxygen atoms in total. The van der Waals surface area contributed by atoms with Crippen molar-refractivity contribution >= 4 is 24.1 Å². The number of anilines is 3. The third-order valence-electron chi connectivity index (χ3n) is 4.85. The number of morpholine rings is 1. The van der Waals surface area contributed by atoms with Crippen molar-refractivity contribution in [3.05, 3.63) is 71.3 Å². The number of nitrogens with zero attached hydrogens (tertiary/aromatic N) is 5. The lowest BCUT2D eigenvalue weighted by Crippen LogP contribution is -2.37. The van der Waals surface area contributed by atoms with Crippen LogP contribution in [0.3, 0.4) is 0 Å². The van der Waals surface area contributed by atoms with E-state index in [1.54, 1.807) is 0 Å². The maximum absolute atomic E-state index is 13.2. The molecule has 0 spiro atoms. The first-order chi connectivity index (χ1) is 16.0. The number of hydrazone groups is 1.